The monoisotopic (exact) mass is 394 g/mol. The van der Waals surface area contributed by atoms with Crippen molar-refractivity contribution in [2.75, 3.05) is 0 Å². The van der Waals surface area contributed by atoms with Gasteiger partial charge in [0.05, 0.1) is 0 Å². The van der Waals surface area contributed by atoms with Crippen molar-refractivity contribution in [1.82, 2.24) is 0 Å². The van der Waals surface area contributed by atoms with Crippen LogP contribution in [0, 0.1) is 0 Å². The smallest absolute Gasteiger partial charge is 0.480 e. The summed E-state index contributed by atoms with van der Waals surface area (Å²) in [6.07, 6.45) is 0.297. The molecule has 0 N–H and O–H groups in total. The molecule has 0 aliphatic carbocycles. The van der Waals surface area contributed by atoms with Crippen LogP contribution >= 0.6 is 0 Å². The normalized spacial score (nSPS) is 11.1. The summed E-state index contributed by atoms with van der Waals surface area (Å²) in [7, 11) is -8.99. The van der Waals surface area contributed by atoms with Gasteiger partial charge >= 0.3 is 16.4 Å². The van der Waals surface area contributed by atoms with Crippen molar-refractivity contribution < 1.29 is 46.1 Å². The maximum absolute atomic E-state index is 11.6. The van der Waals surface area contributed by atoms with Gasteiger partial charge in [0.15, 0.2) is 0 Å². The first-order valence-corrected chi connectivity index (χ1v) is 12.1. The first kappa shape index (κ1) is 22.8. The summed E-state index contributed by atoms with van der Waals surface area (Å²) in [6.45, 7) is 6.71. The minimum absolute atomic E-state index is 0.105. The zero-order valence-corrected chi connectivity index (χ0v) is 17.0. The van der Waals surface area contributed by atoms with Crippen LogP contribution in [-0.4, -0.2) is 46.2 Å². The summed E-state index contributed by atoms with van der Waals surface area (Å²) in [5.74, 6) is -4.61. The van der Waals surface area contributed by atoms with Crippen molar-refractivity contribution in [2.45, 2.75) is 54.0 Å². The summed E-state index contributed by atoms with van der Waals surface area (Å²) in [5, 5.41) is 0. The van der Waals surface area contributed by atoms with Gasteiger partial charge in [0, 0.05) is 40.7 Å². The van der Waals surface area contributed by atoms with Gasteiger partial charge in [-0.15, -0.1) is 0 Å². The average molecular weight is 394 g/mol. The minimum Gasteiger partial charge on any atom is -0.480 e. The predicted molar refractivity (Wildman–Crippen MR) is 85.4 cm³/mol. The van der Waals surface area contributed by atoms with Crippen molar-refractivity contribution in [1.29, 1.82) is 0 Å². The van der Waals surface area contributed by atoms with Crippen molar-refractivity contribution >= 4 is 46.2 Å². The summed E-state index contributed by atoms with van der Waals surface area (Å²) >= 11 is 0. The van der Waals surface area contributed by atoms with E-state index >= 15 is 0 Å². The van der Waals surface area contributed by atoms with Crippen LogP contribution in [-0.2, 0) is 46.1 Å². The summed E-state index contributed by atoms with van der Waals surface area (Å²) in [4.78, 5) is 58.1. The zero-order chi connectivity index (χ0) is 19.8. The molecule has 0 amide bonds. The van der Waals surface area contributed by atoms with Gasteiger partial charge in [-0.2, -0.15) is 0 Å². The Morgan fingerprint density at radius 3 is 1.08 bits per heavy atom. The van der Waals surface area contributed by atoms with Crippen LogP contribution in [0.2, 0.25) is 6.04 Å². The van der Waals surface area contributed by atoms with Gasteiger partial charge in [0.1, 0.15) is 0 Å². The maximum atomic E-state index is 11.6. The molecule has 0 aliphatic heterocycles. The predicted octanol–water partition coefficient (Wildman–Crippen LogP) is 0.671. The van der Waals surface area contributed by atoms with Crippen LogP contribution in [0.25, 0.3) is 0 Å². The molecule has 0 rings (SSSR count). The SMILES string of the molecule is CCC[Si](OC(C)=O)(OC(C)=O)[Si](OC(C)=O)(OC(C)=O)OC(C)=O. The quantitative estimate of drug-likeness (QED) is 0.541. The van der Waals surface area contributed by atoms with E-state index in [-0.39, 0.29) is 6.04 Å². The molecule has 10 nitrogen and oxygen atoms in total. The van der Waals surface area contributed by atoms with Gasteiger partial charge in [0.2, 0.25) is 0 Å². The Kier molecular flexibility index (Phi) is 8.49. The highest BCUT2D eigenvalue weighted by molar-refractivity contribution is 7.31. The molecular weight excluding hydrogens is 372 g/mol. The lowest BCUT2D eigenvalue weighted by Crippen LogP contribution is -2.74. The Balaban J connectivity index is 6.62. The van der Waals surface area contributed by atoms with E-state index in [0.29, 0.717) is 6.42 Å². The summed E-state index contributed by atoms with van der Waals surface area (Å²) in [5.41, 5.74) is 0. The second-order valence-corrected chi connectivity index (χ2v) is 13.3. The molecule has 25 heavy (non-hydrogen) atoms. The van der Waals surface area contributed by atoms with Gasteiger partial charge in [0.25, 0.3) is 29.8 Å². The van der Waals surface area contributed by atoms with E-state index in [1.807, 2.05) is 0 Å². The Hall–Kier alpha value is -2.22. The van der Waals surface area contributed by atoms with E-state index in [4.69, 9.17) is 22.1 Å². The lowest BCUT2D eigenvalue weighted by molar-refractivity contribution is -0.151. The number of hydrogen-bond acceptors (Lipinski definition) is 10. The fourth-order valence-electron chi connectivity index (χ4n) is 2.06. The van der Waals surface area contributed by atoms with Crippen LogP contribution in [0.1, 0.15) is 48.0 Å². The molecule has 0 fully saturated rings. The number of hydrogen-bond donors (Lipinski definition) is 0. The van der Waals surface area contributed by atoms with Crippen LogP contribution in [0.15, 0.2) is 0 Å². The Morgan fingerprint density at radius 2 is 0.880 bits per heavy atom. The molecule has 0 aromatic heterocycles. The third-order valence-electron chi connectivity index (χ3n) is 2.50. The van der Waals surface area contributed by atoms with Gasteiger partial charge in [-0.3, -0.25) is 24.0 Å². The molecule has 0 spiro atoms. The van der Waals surface area contributed by atoms with E-state index in [2.05, 4.69) is 0 Å². The van der Waals surface area contributed by atoms with E-state index in [0.717, 1.165) is 34.6 Å². The lowest BCUT2D eigenvalue weighted by atomic mass is 10.6. The Morgan fingerprint density at radius 1 is 0.600 bits per heavy atom. The molecule has 0 unspecified atom stereocenters. The fourth-order valence-corrected chi connectivity index (χ4v) is 12.1. The van der Waals surface area contributed by atoms with Gasteiger partial charge < -0.3 is 22.1 Å². The van der Waals surface area contributed by atoms with Crippen LogP contribution < -0.4 is 0 Å². The molecular formula is C13H22O10Si2. The highest BCUT2D eigenvalue weighted by Gasteiger charge is 2.81. The molecule has 0 heterocycles. The maximum Gasteiger partial charge on any atom is 0.765 e. The minimum atomic E-state index is -4.71. The highest BCUT2D eigenvalue weighted by atomic mass is 29.3. The van der Waals surface area contributed by atoms with Gasteiger partial charge in [-0.05, 0) is 0 Å². The molecule has 0 bridgehead atoms. The third-order valence-corrected chi connectivity index (χ3v) is 12.6. The molecule has 0 radical (unpaired) electrons. The number of rotatable bonds is 8. The standard InChI is InChI=1S/C13H22O10Si2/c1-7-8-24(19-9(2)14,20-10(3)15)25(21-11(4)16,22-12(5)17)23-13(6)18/h7-8H2,1-6H3. The molecule has 0 aromatic carbocycles. The van der Waals surface area contributed by atoms with Gasteiger partial charge in [-0.1, -0.05) is 13.3 Å². The molecule has 0 saturated carbocycles. The van der Waals surface area contributed by atoms with Crippen molar-refractivity contribution in [2.24, 2.45) is 0 Å². The van der Waals surface area contributed by atoms with Crippen molar-refractivity contribution in [3.8, 4) is 0 Å². The largest absolute Gasteiger partial charge is 0.765 e. The number of carbonyl (C=O) groups excluding carboxylic acids is 5. The Bertz CT molecular complexity index is 502. The second-order valence-electron chi connectivity index (χ2n) is 5.03. The first-order chi connectivity index (χ1) is 11.4. The first-order valence-electron chi connectivity index (χ1n) is 7.37. The lowest BCUT2D eigenvalue weighted by Gasteiger charge is -2.37. The van der Waals surface area contributed by atoms with Crippen LogP contribution in [0.5, 0.6) is 0 Å². The number of carbonyl (C=O) groups is 5. The Labute approximate surface area is 147 Å². The summed E-state index contributed by atoms with van der Waals surface area (Å²) in [6, 6.07) is -0.105. The van der Waals surface area contributed by atoms with E-state index in [9.17, 15) is 24.0 Å². The second kappa shape index (κ2) is 9.31. The van der Waals surface area contributed by atoms with E-state index < -0.39 is 46.2 Å². The topological polar surface area (TPSA) is 132 Å². The molecule has 0 aromatic rings. The zero-order valence-electron chi connectivity index (χ0n) is 15.0. The third kappa shape index (κ3) is 6.66. The summed E-state index contributed by atoms with van der Waals surface area (Å²) < 4.78 is 25.8. The molecule has 12 heteroatoms. The highest BCUT2D eigenvalue weighted by Crippen LogP contribution is 2.32. The fraction of sp³-hybridized carbons (Fsp3) is 0.615. The van der Waals surface area contributed by atoms with Crippen LogP contribution in [0.4, 0.5) is 0 Å². The van der Waals surface area contributed by atoms with Crippen molar-refractivity contribution in [3.63, 3.8) is 0 Å². The molecule has 0 atom stereocenters. The van der Waals surface area contributed by atoms with E-state index in [1.165, 1.54) is 0 Å². The van der Waals surface area contributed by atoms with Crippen molar-refractivity contribution in [3.05, 3.63) is 0 Å². The average Bonchev–Trinajstić information content (AvgIpc) is 2.33. The van der Waals surface area contributed by atoms with Gasteiger partial charge in [-0.25, -0.2) is 0 Å². The molecule has 142 valence electrons. The van der Waals surface area contributed by atoms with E-state index in [1.54, 1.807) is 6.92 Å². The molecule has 0 saturated heterocycles. The molecule has 0 aliphatic rings. The van der Waals surface area contributed by atoms with Crippen LogP contribution in [0.3, 0.4) is 0 Å².